The first-order chi connectivity index (χ1) is 16.4. The van der Waals surface area contributed by atoms with Gasteiger partial charge >= 0.3 is 0 Å². The Balaban J connectivity index is 1.28. The summed E-state index contributed by atoms with van der Waals surface area (Å²) >= 11 is 3.50. The first-order valence-corrected chi connectivity index (χ1v) is 13.2. The van der Waals surface area contributed by atoms with Crippen molar-refractivity contribution in [3.63, 3.8) is 0 Å². The number of rotatable bonds is 6. The molecule has 0 saturated carbocycles. The molecule has 10 nitrogen and oxygen atoms in total. The molecule has 34 heavy (non-hydrogen) atoms. The largest absolute Gasteiger partial charge is 0.354 e. The van der Waals surface area contributed by atoms with Gasteiger partial charge < -0.3 is 10.2 Å². The van der Waals surface area contributed by atoms with Gasteiger partial charge in [0.1, 0.15) is 11.5 Å². The maximum absolute atomic E-state index is 12.1. The van der Waals surface area contributed by atoms with E-state index < -0.39 is 10.0 Å². The molecule has 1 N–H and O–H groups in total. The SMILES string of the molecule is CCS(=O)(=O)N1CCN(c2ccc(Nc3nccc(-c4cnc5ccc(Br)cn45)n3)cn2)CC1. The summed E-state index contributed by atoms with van der Waals surface area (Å²) in [4.78, 5) is 20.1. The minimum Gasteiger partial charge on any atom is -0.354 e. The molecule has 0 aliphatic carbocycles. The van der Waals surface area contributed by atoms with E-state index in [9.17, 15) is 8.42 Å². The summed E-state index contributed by atoms with van der Waals surface area (Å²) in [5.74, 6) is 1.39. The van der Waals surface area contributed by atoms with Gasteiger partial charge in [-0.3, -0.25) is 4.40 Å². The average molecular weight is 543 g/mol. The highest BCUT2D eigenvalue weighted by Gasteiger charge is 2.25. The zero-order valence-corrected chi connectivity index (χ0v) is 20.9. The number of nitrogens with one attached hydrogen (secondary N) is 1. The molecule has 1 aliphatic heterocycles. The Kier molecular flexibility index (Phi) is 6.19. The minimum absolute atomic E-state index is 0.129. The van der Waals surface area contributed by atoms with E-state index in [0.717, 1.165) is 33.0 Å². The second-order valence-electron chi connectivity index (χ2n) is 7.80. The van der Waals surface area contributed by atoms with Crippen molar-refractivity contribution < 1.29 is 8.42 Å². The number of pyridine rings is 2. The molecule has 5 heterocycles. The predicted molar refractivity (Wildman–Crippen MR) is 135 cm³/mol. The Bertz CT molecular complexity index is 1420. The van der Waals surface area contributed by atoms with Crippen molar-refractivity contribution in [2.75, 3.05) is 42.1 Å². The number of aromatic nitrogens is 5. The van der Waals surface area contributed by atoms with E-state index in [-0.39, 0.29) is 5.75 Å². The van der Waals surface area contributed by atoms with Crippen molar-refractivity contribution in [3.05, 3.63) is 59.6 Å². The summed E-state index contributed by atoms with van der Waals surface area (Å²) in [5, 5.41) is 3.20. The highest BCUT2D eigenvalue weighted by molar-refractivity contribution is 9.10. The van der Waals surface area contributed by atoms with Crippen molar-refractivity contribution >= 4 is 49.1 Å². The molecule has 1 aliphatic rings. The Morgan fingerprint density at radius 3 is 2.56 bits per heavy atom. The number of fused-ring (bicyclic) bond motifs is 1. The third kappa shape index (κ3) is 4.61. The van der Waals surface area contributed by atoms with Gasteiger partial charge in [0.2, 0.25) is 16.0 Å². The Hall–Kier alpha value is -3.09. The number of halogens is 1. The van der Waals surface area contributed by atoms with Crippen molar-refractivity contribution in [1.29, 1.82) is 0 Å². The summed E-state index contributed by atoms with van der Waals surface area (Å²) < 4.78 is 28.6. The molecule has 176 valence electrons. The number of sulfonamides is 1. The third-order valence-electron chi connectivity index (χ3n) is 5.71. The Labute approximate surface area is 205 Å². The van der Waals surface area contributed by atoms with Crippen LogP contribution in [-0.2, 0) is 10.0 Å². The van der Waals surface area contributed by atoms with Gasteiger partial charge in [0.25, 0.3) is 0 Å². The number of anilines is 3. The molecule has 12 heteroatoms. The van der Waals surface area contributed by atoms with E-state index in [1.54, 1.807) is 29.8 Å². The van der Waals surface area contributed by atoms with Crippen LogP contribution < -0.4 is 10.2 Å². The fraction of sp³-hybridized carbons (Fsp3) is 0.273. The Morgan fingerprint density at radius 1 is 1.00 bits per heavy atom. The maximum atomic E-state index is 12.1. The van der Waals surface area contributed by atoms with Crippen LogP contribution in [0.25, 0.3) is 17.0 Å². The fourth-order valence-corrected chi connectivity index (χ4v) is 5.28. The highest BCUT2D eigenvalue weighted by Crippen LogP contribution is 2.23. The van der Waals surface area contributed by atoms with Crippen LogP contribution in [0, 0.1) is 0 Å². The zero-order valence-electron chi connectivity index (χ0n) is 18.5. The van der Waals surface area contributed by atoms with E-state index in [0.29, 0.717) is 32.1 Å². The molecule has 1 saturated heterocycles. The van der Waals surface area contributed by atoms with Gasteiger partial charge in [0, 0.05) is 43.0 Å². The summed E-state index contributed by atoms with van der Waals surface area (Å²) in [5.41, 5.74) is 3.19. The quantitative estimate of drug-likeness (QED) is 0.395. The van der Waals surface area contributed by atoms with Gasteiger partial charge in [-0.2, -0.15) is 4.31 Å². The van der Waals surface area contributed by atoms with E-state index in [4.69, 9.17) is 0 Å². The lowest BCUT2D eigenvalue weighted by atomic mass is 10.3. The zero-order chi connectivity index (χ0) is 23.7. The summed E-state index contributed by atoms with van der Waals surface area (Å²) in [6.45, 7) is 3.83. The second-order valence-corrected chi connectivity index (χ2v) is 11.0. The van der Waals surface area contributed by atoms with Crippen LogP contribution in [0.5, 0.6) is 0 Å². The number of imidazole rings is 1. The van der Waals surface area contributed by atoms with E-state index >= 15 is 0 Å². The van der Waals surface area contributed by atoms with Gasteiger partial charge in [-0.25, -0.2) is 28.4 Å². The minimum atomic E-state index is -3.15. The topological polar surface area (TPSA) is 109 Å². The number of hydrogen-bond donors (Lipinski definition) is 1. The normalized spacial score (nSPS) is 15.1. The lowest BCUT2D eigenvalue weighted by molar-refractivity contribution is 0.384. The van der Waals surface area contributed by atoms with Crippen LogP contribution in [-0.4, -0.2) is 69.0 Å². The van der Waals surface area contributed by atoms with Crippen LogP contribution in [0.1, 0.15) is 6.92 Å². The third-order valence-corrected chi connectivity index (χ3v) is 8.06. The van der Waals surface area contributed by atoms with Crippen molar-refractivity contribution in [3.8, 4) is 11.4 Å². The molecular formula is C22H23BrN8O2S. The number of piperazine rings is 1. The monoisotopic (exact) mass is 542 g/mol. The van der Waals surface area contributed by atoms with Gasteiger partial charge in [0.05, 0.1) is 35.2 Å². The first kappa shape index (κ1) is 22.7. The molecule has 0 aromatic carbocycles. The number of nitrogens with zero attached hydrogens (tertiary/aromatic N) is 7. The van der Waals surface area contributed by atoms with Gasteiger partial charge in [-0.15, -0.1) is 0 Å². The van der Waals surface area contributed by atoms with Crippen LogP contribution in [0.3, 0.4) is 0 Å². The summed E-state index contributed by atoms with van der Waals surface area (Å²) in [7, 11) is -3.15. The molecule has 4 aromatic heterocycles. The molecule has 4 aromatic rings. The van der Waals surface area contributed by atoms with Gasteiger partial charge in [-0.1, -0.05) is 0 Å². The van der Waals surface area contributed by atoms with Crippen molar-refractivity contribution in [1.82, 2.24) is 28.6 Å². The smallest absolute Gasteiger partial charge is 0.227 e. The molecule has 0 amide bonds. The molecule has 0 unspecified atom stereocenters. The van der Waals surface area contributed by atoms with E-state index in [1.807, 2.05) is 40.9 Å². The van der Waals surface area contributed by atoms with Crippen LogP contribution in [0.15, 0.2) is 59.6 Å². The molecule has 0 radical (unpaired) electrons. The second kappa shape index (κ2) is 9.28. The van der Waals surface area contributed by atoms with Crippen LogP contribution in [0.2, 0.25) is 0 Å². The number of hydrogen-bond acceptors (Lipinski definition) is 8. The molecular weight excluding hydrogens is 520 g/mol. The highest BCUT2D eigenvalue weighted by atomic mass is 79.9. The van der Waals surface area contributed by atoms with E-state index in [2.05, 4.69) is 46.1 Å². The standard InChI is InChI=1S/C22H23BrN8O2S/c1-2-34(32,33)30-11-9-29(10-12-30)20-6-4-17(13-25-20)27-22-24-8-7-18(28-22)19-14-26-21-5-3-16(23)15-31(19)21/h3-8,13-15H,2,9-12H2,1H3,(H,24,27,28). The maximum Gasteiger partial charge on any atom is 0.227 e. The van der Waals surface area contributed by atoms with E-state index in [1.165, 1.54) is 0 Å². The molecule has 5 rings (SSSR count). The lowest BCUT2D eigenvalue weighted by Gasteiger charge is -2.34. The molecule has 0 atom stereocenters. The average Bonchev–Trinajstić information content (AvgIpc) is 3.28. The van der Waals surface area contributed by atoms with Crippen molar-refractivity contribution in [2.24, 2.45) is 0 Å². The van der Waals surface area contributed by atoms with Crippen LogP contribution >= 0.6 is 15.9 Å². The molecule has 1 fully saturated rings. The molecule has 0 bridgehead atoms. The molecule has 0 spiro atoms. The van der Waals surface area contributed by atoms with Crippen molar-refractivity contribution in [2.45, 2.75) is 6.92 Å². The fourth-order valence-electron chi connectivity index (χ4n) is 3.86. The predicted octanol–water partition coefficient (Wildman–Crippen LogP) is 3.16. The Morgan fingerprint density at radius 2 is 1.82 bits per heavy atom. The summed E-state index contributed by atoms with van der Waals surface area (Å²) in [6.07, 6.45) is 7.17. The van der Waals surface area contributed by atoms with Crippen LogP contribution in [0.4, 0.5) is 17.5 Å². The summed E-state index contributed by atoms with van der Waals surface area (Å²) in [6, 6.07) is 9.55. The van der Waals surface area contributed by atoms with Gasteiger partial charge in [-0.05, 0) is 53.2 Å². The first-order valence-electron chi connectivity index (χ1n) is 10.8. The van der Waals surface area contributed by atoms with Gasteiger partial charge in [0.15, 0.2) is 0 Å². The lowest BCUT2D eigenvalue weighted by Crippen LogP contribution is -2.49.